The van der Waals surface area contributed by atoms with Gasteiger partial charge in [0.05, 0.1) is 6.61 Å². The predicted octanol–water partition coefficient (Wildman–Crippen LogP) is -0.985. The van der Waals surface area contributed by atoms with Crippen molar-refractivity contribution in [2.45, 2.75) is 29.8 Å². The Morgan fingerprint density at radius 2 is 2.22 bits per heavy atom. The van der Waals surface area contributed by atoms with E-state index in [1.165, 1.54) is 11.8 Å². The van der Waals surface area contributed by atoms with Gasteiger partial charge in [-0.15, -0.1) is 6.58 Å². The van der Waals surface area contributed by atoms with Crippen molar-refractivity contribution in [1.82, 2.24) is 4.90 Å². The summed E-state index contributed by atoms with van der Waals surface area (Å²) in [5.41, 5.74) is -0.359. The number of nitrogens with zero attached hydrogens (tertiary/aromatic N) is 2. The molecule has 3 N–H and O–H groups in total. The molecule has 5 unspecified atom stereocenters. The lowest BCUT2D eigenvalue weighted by Gasteiger charge is -2.37. The molecule has 2 aliphatic heterocycles. The summed E-state index contributed by atoms with van der Waals surface area (Å²) < 4.78 is 5.54. The second-order valence-electron chi connectivity index (χ2n) is 4.40. The zero-order valence-electron chi connectivity index (χ0n) is 10.1. The maximum absolute atomic E-state index is 9.98. The van der Waals surface area contributed by atoms with E-state index in [0.29, 0.717) is 6.54 Å². The number of ether oxygens (including phenoxy) is 1. The van der Waals surface area contributed by atoms with Gasteiger partial charge in [-0.25, -0.2) is 0 Å². The highest BCUT2D eigenvalue weighted by Gasteiger charge is 2.48. The first-order valence-corrected chi connectivity index (χ1v) is 6.65. The van der Waals surface area contributed by atoms with E-state index < -0.39 is 24.4 Å². The number of aliphatic hydroxyl groups excluding tert-OH is 3. The molecule has 0 bridgehead atoms. The molecule has 0 aromatic carbocycles. The van der Waals surface area contributed by atoms with Crippen molar-refractivity contribution in [2.24, 2.45) is 4.99 Å². The third kappa shape index (κ3) is 2.41. The first-order chi connectivity index (χ1) is 8.58. The summed E-state index contributed by atoms with van der Waals surface area (Å²) in [6, 6.07) is -0.491. The summed E-state index contributed by atoms with van der Waals surface area (Å²) in [5, 5.41) is 29.6. The van der Waals surface area contributed by atoms with E-state index in [0.717, 1.165) is 5.17 Å². The Kier molecular flexibility index (Phi) is 4.29. The number of aliphatic hydroxyl groups is 3. The molecule has 5 atom stereocenters. The minimum atomic E-state index is -1.11. The first-order valence-electron chi connectivity index (χ1n) is 5.77. The second-order valence-corrected chi connectivity index (χ2v) is 5.46. The summed E-state index contributed by atoms with van der Waals surface area (Å²) >= 11 is 1.39. The summed E-state index contributed by atoms with van der Waals surface area (Å²) in [7, 11) is 1.87. The fourth-order valence-electron chi connectivity index (χ4n) is 2.02. The highest BCUT2D eigenvalue weighted by molar-refractivity contribution is 8.14. The number of hydrogen-bond donors (Lipinski definition) is 3. The molecule has 0 aromatic heterocycles. The molecule has 0 aromatic rings. The van der Waals surface area contributed by atoms with Gasteiger partial charge >= 0.3 is 0 Å². The molecule has 2 rings (SSSR count). The van der Waals surface area contributed by atoms with Crippen LogP contribution in [0, 0.1) is 0 Å². The maximum atomic E-state index is 9.98. The molecule has 0 radical (unpaired) electrons. The van der Waals surface area contributed by atoms with E-state index in [1.54, 1.807) is 6.08 Å². The van der Waals surface area contributed by atoms with Crippen LogP contribution in [0.3, 0.4) is 0 Å². The van der Waals surface area contributed by atoms with Gasteiger partial charge in [0.1, 0.15) is 29.8 Å². The average molecular weight is 274 g/mol. The van der Waals surface area contributed by atoms with Crippen molar-refractivity contribution in [2.75, 3.05) is 20.2 Å². The van der Waals surface area contributed by atoms with Gasteiger partial charge < -0.3 is 25.0 Å². The van der Waals surface area contributed by atoms with Crippen LogP contribution in [0.2, 0.25) is 0 Å². The van der Waals surface area contributed by atoms with Crippen LogP contribution in [0.25, 0.3) is 0 Å². The summed E-state index contributed by atoms with van der Waals surface area (Å²) in [5.74, 6) is 0. The topological polar surface area (TPSA) is 85.5 Å². The molecular weight excluding hydrogens is 256 g/mol. The molecule has 6 nitrogen and oxygen atoms in total. The van der Waals surface area contributed by atoms with Crippen LogP contribution in [0.4, 0.5) is 0 Å². The van der Waals surface area contributed by atoms with Crippen molar-refractivity contribution < 1.29 is 20.1 Å². The van der Waals surface area contributed by atoms with E-state index in [1.807, 2.05) is 11.9 Å². The van der Waals surface area contributed by atoms with Gasteiger partial charge in [-0.3, -0.25) is 4.99 Å². The van der Waals surface area contributed by atoms with Crippen LogP contribution >= 0.6 is 11.8 Å². The Bertz CT molecular complexity index is 352. The van der Waals surface area contributed by atoms with Gasteiger partial charge in [0.15, 0.2) is 5.17 Å². The maximum Gasteiger partial charge on any atom is 0.162 e. The number of fused-ring (bicyclic) bond motifs is 1. The predicted molar refractivity (Wildman–Crippen MR) is 69.4 cm³/mol. The molecule has 0 spiro atoms. The van der Waals surface area contributed by atoms with Crippen molar-refractivity contribution >= 4 is 16.9 Å². The van der Waals surface area contributed by atoms with Gasteiger partial charge in [-0.1, -0.05) is 17.8 Å². The number of likely N-dealkylation sites (N-methyl/N-ethyl adjacent to an activating group) is 1. The fourth-order valence-corrected chi connectivity index (χ4v) is 3.23. The Morgan fingerprint density at radius 1 is 1.50 bits per heavy atom. The highest BCUT2D eigenvalue weighted by atomic mass is 32.2. The van der Waals surface area contributed by atoms with Crippen LogP contribution in [0.15, 0.2) is 17.6 Å². The Morgan fingerprint density at radius 3 is 2.83 bits per heavy atom. The standard InChI is InChI=1S/C11H18N2O4S/c1-3-4-13(2)11-12-7-9(16)8(15)6(5-14)17-10(7)18-11/h3,6-10,14-16H,1,4-5H2,2H3. The van der Waals surface area contributed by atoms with Crippen molar-refractivity contribution in [3.63, 3.8) is 0 Å². The number of aliphatic imine (C=N–C) groups is 1. The second kappa shape index (κ2) is 5.58. The molecule has 1 saturated heterocycles. The molecular formula is C11H18N2O4S. The quantitative estimate of drug-likeness (QED) is 0.573. The lowest BCUT2D eigenvalue weighted by molar-refractivity contribution is -0.164. The minimum absolute atomic E-state index is 0.320. The largest absolute Gasteiger partial charge is 0.394 e. The van der Waals surface area contributed by atoms with Gasteiger partial charge in [-0.05, 0) is 0 Å². The van der Waals surface area contributed by atoms with Gasteiger partial charge in [-0.2, -0.15) is 0 Å². The summed E-state index contributed by atoms with van der Waals surface area (Å²) in [6.07, 6.45) is -1.12. The van der Waals surface area contributed by atoms with Gasteiger partial charge in [0, 0.05) is 13.6 Å². The molecule has 2 heterocycles. The Hall–Kier alpha value is -0.600. The van der Waals surface area contributed by atoms with Crippen LogP contribution in [-0.2, 0) is 4.74 Å². The van der Waals surface area contributed by atoms with Crippen LogP contribution in [-0.4, -0.2) is 75.4 Å². The van der Waals surface area contributed by atoms with E-state index >= 15 is 0 Å². The molecule has 0 aliphatic carbocycles. The third-order valence-electron chi connectivity index (χ3n) is 3.06. The van der Waals surface area contributed by atoms with Gasteiger partial charge in [0.2, 0.25) is 0 Å². The van der Waals surface area contributed by atoms with E-state index in [4.69, 9.17) is 9.84 Å². The lowest BCUT2D eigenvalue weighted by Crippen LogP contribution is -2.55. The van der Waals surface area contributed by atoms with Crippen LogP contribution < -0.4 is 0 Å². The monoisotopic (exact) mass is 274 g/mol. The van der Waals surface area contributed by atoms with E-state index in [-0.39, 0.29) is 12.0 Å². The lowest BCUT2D eigenvalue weighted by atomic mass is 9.99. The van der Waals surface area contributed by atoms with Crippen LogP contribution in [0.1, 0.15) is 0 Å². The smallest absolute Gasteiger partial charge is 0.162 e. The van der Waals surface area contributed by atoms with E-state index in [9.17, 15) is 10.2 Å². The molecule has 102 valence electrons. The van der Waals surface area contributed by atoms with Gasteiger partial charge in [0.25, 0.3) is 0 Å². The number of hydrogen-bond acceptors (Lipinski definition) is 7. The number of thioether (sulfide) groups is 1. The number of amidine groups is 1. The molecule has 18 heavy (non-hydrogen) atoms. The molecule has 2 aliphatic rings. The van der Waals surface area contributed by atoms with E-state index in [2.05, 4.69) is 11.6 Å². The molecule has 0 saturated carbocycles. The zero-order chi connectivity index (χ0) is 13.3. The normalized spacial score (nSPS) is 39.1. The zero-order valence-corrected chi connectivity index (χ0v) is 11.0. The fraction of sp³-hybridized carbons (Fsp3) is 0.727. The van der Waals surface area contributed by atoms with Crippen LogP contribution in [0.5, 0.6) is 0 Å². The number of rotatable bonds is 3. The Balaban J connectivity index is 2.10. The first kappa shape index (κ1) is 13.8. The van der Waals surface area contributed by atoms with Crippen molar-refractivity contribution in [3.8, 4) is 0 Å². The Labute approximate surface area is 110 Å². The molecule has 1 fully saturated rings. The minimum Gasteiger partial charge on any atom is -0.394 e. The third-order valence-corrected chi connectivity index (χ3v) is 4.31. The molecule has 0 amide bonds. The summed E-state index contributed by atoms with van der Waals surface area (Å²) in [4.78, 5) is 6.27. The van der Waals surface area contributed by atoms with Crippen molar-refractivity contribution in [1.29, 1.82) is 0 Å². The summed E-state index contributed by atoms with van der Waals surface area (Å²) in [6.45, 7) is 3.98. The highest BCUT2D eigenvalue weighted by Crippen LogP contribution is 2.36. The SMILES string of the molecule is C=CCN(C)C1=NC2C(OC(CO)C(O)C2O)S1. The molecule has 7 heteroatoms. The average Bonchev–Trinajstić information content (AvgIpc) is 2.78. The van der Waals surface area contributed by atoms with Crippen molar-refractivity contribution in [3.05, 3.63) is 12.7 Å².